The van der Waals surface area contributed by atoms with Crippen molar-refractivity contribution in [3.63, 3.8) is 0 Å². The van der Waals surface area contributed by atoms with Crippen LogP contribution in [-0.2, 0) is 4.79 Å². The second-order valence-electron chi connectivity index (χ2n) is 4.90. The van der Waals surface area contributed by atoms with Gasteiger partial charge in [-0.3, -0.25) is 9.79 Å². The Morgan fingerprint density at radius 3 is 2.41 bits per heavy atom. The van der Waals surface area contributed by atoms with Crippen molar-refractivity contribution in [1.82, 2.24) is 5.32 Å². The lowest BCUT2D eigenvalue weighted by molar-refractivity contribution is -0.114. The Kier molecular flexibility index (Phi) is 7.42. The van der Waals surface area contributed by atoms with Crippen molar-refractivity contribution in [2.75, 3.05) is 20.7 Å². The molecule has 1 aromatic carbocycles. The molecule has 0 saturated heterocycles. The van der Waals surface area contributed by atoms with E-state index in [1.165, 1.54) is 14.1 Å². The van der Waals surface area contributed by atoms with Gasteiger partial charge in [0.15, 0.2) is 5.75 Å². The van der Waals surface area contributed by atoms with Gasteiger partial charge in [0.1, 0.15) is 12.3 Å². The third-order valence-corrected chi connectivity index (χ3v) is 3.34. The van der Waals surface area contributed by atoms with Gasteiger partial charge in [-0.25, -0.2) is 0 Å². The van der Waals surface area contributed by atoms with E-state index in [4.69, 9.17) is 27.9 Å². The lowest BCUT2D eigenvalue weighted by Gasteiger charge is -2.11. The molecule has 0 aliphatic rings. The van der Waals surface area contributed by atoms with Gasteiger partial charge in [0.25, 0.3) is 5.91 Å². The molecule has 0 saturated carbocycles. The minimum Gasteiger partial charge on any atom is -0.486 e. The number of ether oxygens (including phenoxy) is 1. The molecule has 1 aromatic rings. The highest BCUT2D eigenvalue weighted by Crippen LogP contribution is 2.34. The maximum absolute atomic E-state index is 11.8. The van der Waals surface area contributed by atoms with Gasteiger partial charge >= 0.3 is 0 Å². The summed E-state index contributed by atoms with van der Waals surface area (Å²) in [4.78, 5) is 15.7. The van der Waals surface area contributed by atoms with Crippen molar-refractivity contribution in [1.29, 1.82) is 0 Å². The number of benzene rings is 1. The number of nitrogens with one attached hydrogen (secondary N) is 1. The largest absolute Gasteiger partial charge is 0.486 e. The van der Waals surface area contributed by atoms with Crippen LogP contribution in [0.3, 0.4) is 0 Å². The minimum atomic E-state index is -0.303. The number of allylic oxidation sites excluding steroid dienone is 1. The van der Waals surface area contributed by atoms with E-state index in [9.17, 15) is 4.79 Å². The highest BCUT2D eigenvalue weighted by Gasteiger charge is 2.16. The molecule has 0 aliphatic heterocycles. The number of nitrogens with zero attached hydrogens (tertiary/aromatic N) is 1. The van der Waals surface area contributed by atoms with E-state index < -0.39 is 0 Å². The van der Waals surface area contributed by atoms with Gasteiger partial charge in [-0.15, -0.1) is 0 Å². The van der Waals surface area contributed by atoms with Gasteiger partial charge in [0.05, 0.1) is 10.0 Å². The van der Waals surface area contributed by atoms with Gasteiger partial charge in [-0.05, 0) is 18.1 Å². The van der Waals surface area contributed by atoms with E-state index in [1.54, 1.807) is 12.1 Å². The van der Waals surface area contributed by atoms with Gasteiger partial charge in [-0.1, -0.05) is 49.2 Å². The van der Waals surface area contributed by atoms with Crippen molar-refractivity contribution in [2.24, 2.45) is 10.9 Å². The lowest BCUT2D eigenvalue weighted by atomic mass is 10.1. The van der Waals surface area contributed by atoms with E-state index in [0.717, 1.165) is 0 Å². The van der Waals surface area contributed by atoms with E-state index in [1.807, 2.05) is 12.2 Å². The van der Waals surface area contributed by atoms with E-state index >= 15 is 0 Å². The maximum atomic E-state index is 11.8. The molecule has 6 heteroatoms. The van der Waals surface area contributed by atoms with Crippen molar-refractivity contribution in [2.45, 2.75) is 13.8 Å². The van der Waals surface area contributed by atoms with E-state index in [0.29, 0.717) is 33.9 Å². The summed E-state index contributed by atoms with van der Waals surface area (Å²) in [6.45, 7) is 4.53. The second kappa shape index (κ2) is 8.81. The van der Waals surface area contributed by atoms with Crippen molar-refractivity contribution < 1.29 is 9.53 Å². The molecule has 1 N–H and O–H groups in total. The van der Waals surface area contributed by atoms with Crippen LogP contribution in [0.5, 0.6) is 5.75 Å². The van der Waals surface area contributed by atoms with Crippen LogP contribution < -0.4 is 10.1 Å². The summed E-state index contributed by atoms with van der Waals surface area (Å²) in [5, 5.41) is 3.20. The van der Waals surface area contributed by atoms with Gasteiger partial charge in [-0.2, -0.15) is 0 Å². The topological polar surface area (TPSA) is 50.7 Å². The number of hydrogen-bond acceptors (Lipinski definition) is 3. The standard InChI is InChI=1S/C16H20Cl2N2O2/c1-10(2)6-5-7-22-15-12(17)8-11(9-13(15)18)14(19-3)16(21)20-4/h5-6,8-10H,7H2,1-4H3,(H,20,21)/b6-5+,19-14?. The van der Waals surface area contributed by atoms with Crippen LogP contribution in [0, 0.1) is 5.92 Å². The molecule has 4 nitrogen and oxygen atoms in total. The van der Waals surface area contributed by atoms with Crippen LogP contribution in [0.25, 0.3) is 0 Å². The quantitative estimate of drug-likeness (QED) is 0.632. The first-order valence-electron chi connectivity index (χ1n) is 6.88. The Morgan fingerprint density at radius 2 is 1.95 bits per heavy atom. The first-order valence-corrected chi connectivity index (χ1v) is 7.64. The molecular formula is C16H20Cl2N2O2. The zero-order valence-electron chi connectivity index (χ0n) is 13.1. The average molecular weight is 343 g/mol. The Balaban J connectivity index is 2.99. The normalized spacial score (nSPS) is 12.0. The third kappa shape index (κ3) is 5.04. The Bertz CT molecular complexity index is 573. The summed E-state index contributed by atoms with van der Waals surface area (Å²) >= 11 is 12.4. The summed E-state index contributed by atoms with van der Waals surface area (Å²) in [6.07, 6.45) is 3.94. The average Bonchev–Trinajstić information content (AvgIpc) is 2.45. The number of amides is 1. The Labute approximate surface area is 141 Å². The SMILES string of the molecule is CN=C(C(=O)NC)c1cc(Cl)c(OC/C=C/C(C)C)c(Cl)c1. The zero-order valence-corrected chi connectivity index (χ0v) is 14.6. The minimum absolute atomic E-state index is 0.262. The molecule has 0 atom stereocenters. The molecule has 120 valence electrons. The van der Waals surface area contributed by atoms with Gasteiger partial charge < -0.3 is 10.1 Å². The molecule has 0 heterocycles. The number of aliphatic imine (C=N–C) groups is 1. The van der Waals surface area contributed by atoms with Crippen LogP contribution in [0.15, 0.2) is 29.3 Å². The first kappa shape index (κ1) is 18.5. The summed E-state index contributed by atoms with van der Waals surface area (Å²) in [5.41, 5.74) is 0.805. The maximum Gasteiger partial charge on any atom is 0.269 e. The number of carbonyl (C=O) groups is 1. The number of hydrogen-bond donors (Lipinski definition) is 1. The zero-order chi connectivity index (χ0) is 16.7. The molecule has 1 amide bonds. The number of likely N-dealkylation sites (N-methyl/N-ethyl adjacent to an activating group) is 1. The fourth-order valence-corrected chi connectivity index (χ4v) is 2.37. The second-order valence-corrected chi connectivity index (χ2v) is 5.72. The summed E-state index contributed by atoms with van der Waals surface area (Å²) < 4.78 is 5.58. The smallest absolute Gasteiger partial charge is 0.269 e. The Hall–Kier alpha value is -1.52. The summed E-state index contributed by atoms with van der Waals surface area (Å²) in [7, 11) is 3.07. The molecule has 0 unspecified atom stereocenters. The highest BCUT2D eigenvalue weighted by atomic mass is 35.5. The van der Waals surface area contributed by atoms with Gasteiger partial charge in [0.2, 0.25) is 0 Å². The number of rotatable bonds is 6. The lowest BCUT2D eigenvalue weighted by Crippen LogP contribution is -2.28. The molecular weight excluding hydrogens is 323 g/mol. The molecule has 0 fully saturated rings. The molecule has 1 rings (SSSR count). The Morgan fingerprint density at radius 1 is 1.36 bits per heavy atom. The molecule has 22 heavy (non-hydrogen) atoms. The molecule has 0 radical (unpaired) electrons. The van der Waals surface area contributed by atoms with Crippen LogP contribution >= 0.6 is 23.2 Å². The molecule has 0 bridgehead atoms. The third-order valence-electron chi connectivity index (χ3n) is 2.78. The van der Waals surface area contributed by atoms with Gasteiger partial charge in [0, 0.05) is 19.7 Å². The van der Waals surface area contributed by atoms with E-state index in [-0.39, 0.29) is 11.6 Å². The summed E-state index contributed by atoms with van der Waals surface area (Å²) in [5.74, 6) is 0.545. The predicted molar refractivity (Wildman–Crippen MR) is 92.5 cm³/mol. The van der Waals surface area contributed by atoms with E-state index in [2.05, 4.69) is 24.2 Å². The van der Waals surface area contributed by atoms with Crippen LogP contribution in [0.4, 0.5) is 0 Å². The number of carbonyl (C=O) groups excluding carboxylic acids is 1. The van der Waals surface area contributed by atoms with Crippen molar-refractivity contribution in [3.05, 3.63) is 39.9 Å². The predicted octanol–water partition coefficient (Wildman–Crippen LogP) is 3.75. The van der Waals surface area contributed by atoms with Crippen molar-refractivity contribution >= 4 is 34.8 Å². The molecule has 0 aromatic heterocycles. The fraction of sp³-hybridized carbons (Fsp3) is 0.375. The highest BCUT2D eigenvalue weighted by molar-refractivity contribution is 6.46. The van der Waals surface area contributed by atoms with Crippen LogP contribution in [0.1, 0.15) is 19.4 Å². The fourth-order valence-electron chi connectivity index (χ4n) is 1.77. The monoisotopic (exact) mass is 342 g/mol. The summed E-state index contributed by atoms with van der Waals surface area (Å²) in [6, 6.07) is 3.24. The first-order chi connectivity index (χ1) is 10.4. The van der Waals surface area contributed by atoms with Crippen molar-refractivity contribution in [3.8, 4) is 5.75 Å². The van der Waals surface area contributed by atoms with Crippen LogP contribution in [0.2, 0.25) is 10.0 Å². The number of halogens is 2. The van der Waals surface area contributed by atoms with Crippen LogP contribution in [-0.4, -0.2) is 32.3 Å². The molecule has 0 aliphatic carbocycles. The molecule has 0 spiro atoms.